The fraction of sp³-hybridized carbons (Fsp3) is 0.565. The molecular formula is C23H34ClN5O5. The van der Waals surface area contributed by atoms with E-state index < -0.39 is 12.2 Å². The van der Waals surface area contributed by atoms with E-state index in [-0.39, 0.29) is 31.1 Å². The zero-order valence-corrected chi connectivity index (χ0v) is 20.2. The molecule has 1 aromatic heterocycles. The van der Waals surface area contributed by atoms with Gasteiger partial charge in [-0.1, -0.05) is 11.2 Å². The third-order valence-corrected chi connectivity index (χ3v) is 6.01. The largest absolute Gasteiger partial charge is 0.497 e. The molecule has 188 valence electrons. The van der Waals surface area contributed by atoms with Gasteiger partial charge >= 0.3 is 6.03 Å². The lowest BCUT2D eigenvalue weighted by Crippen LogP contribution is -2.47. The normalized spacial score (nSPS) is 23.1. The number of anilines is 1. The highest BCUT2D eigenvalue weighted by Crippen LogP contribution is 2.23. The second-order valence-corrected chi connectivity index (χ2v) is 8.52. The van der Waals surface area contributed by atoms with Crippen molar-refractivity contribution in [2.45, 2.75) is 44.1 Å². The van der Waals surface area contributed by atoms with Crippen LogP contribution in [0.1, 0.15) is 24.3 Å². The quantitative estimate of drug-likeness (QED) is 0.437. The van der Waals surface area contributed by atoms with E-state index in [1.807, 2.05) is 6.07 Å². The van der Waals surface area contributed by atoms with E-state index in [0.717, 1.165) is 50.6 Å². The van der Waals surface area contributed by atoms with Crippen molar-refractivity contribution in [1.82, 2.24) is 20.7 Å². The molecule has 4 N–H and O–H groups in total. The molecule has 11 heteroatoms. The Hall–Kier alpha value is -2.37. The molecule has 0 aliphatic carbocycles. The number of ether oxygens (including phenoxy) is 2. The van der Waals surface area contributed by atoms with Crippen LogP contribution in [0, 0.1) is 0 Å². The monoisotopic (exact) mass is 495 g/mol. The number of halogens is 1. The van der Waals surface area contributed by atoms with Crippen LogP contribution >= 0.6 is 12.4 Å². The minimum absolute atomic E-state index is 0. The van der Waals surface area contributed by atoms with Crippen LogP contribution in [-0.4, -0.2) is 79.3 Å². The summed E-state index contributed by atoms with van der Waals surface area (Å²) >= 11 is 0. The molecule has 1 aromatic carbocycles. The van der Waals surface area contributed by atoms with Crippen LogP contribution in [0.4, 0.5) is 10.5 Å². The first-order valence-electron chi connectivity index (χ1n) is 11.5. The first kappa shape index (κ1) is 26.2. The minimum atomic E-state index is -0.626. The number of benzene rings is 1. The molecule has 34 heavy (non-hydrogen) atoms. The lowest BCUT2D eigenvalue weighted by molar-refractivity contribution is -0.113. The van der Waals surface area contributed by atoms with E-state index in [1.165, 1.54) is 0 Å². The van der Waals surface area contributed by atoms with E-state index in [1.54, 1.807) is 31.4 Å². The highest BCUT2D eigenvalue weighted by atomic mass is 35.5. The van der Waals surface area contributed by atoms with Gasteiger partial charge in [-0.2, -0.15) is 0 Å². The third-order valence-electron chi connectivity index (χ3n) is 6.01. The van der Waals surface area contributed by atoms with Gasteiger partial charge in [-0.05, 0) is 25.0 Å². The smallest absolute Gasteiger partial charge is 0.319 e. The Bertz CT molecular complexity index is 907. The molecule has 10 nitrogen and oxygen atoms in total. The lowest BCUT2D eigenvalue weighted by Gasteiger charge is -2.33. The van der Waals surface area contributed by atoms with Crippen molar-refractivity contribution in [3.05, 3.63) is 41.8 Å². The van der Waals surface area contributed by atoms with E-state index in [4.69, 9.17) is 14.0 Å². The molecule has 2 aromatic rings. The van der Waals surface area contributed by atoms with Gasteiger partial charge in [0.2, 0.25) is 0 Å². The molecule has 2 saturated heterocycles. The summed E-state index contributed by atoms with van der Waals surface area (Å²) in [7, 11) is 1.57. The van der Waals surface area contributed by atoms with Crippen molar-refractivity contribution in [1.29, 1.82) is 0 Å². The number of nitrogens with one attached hydrogen (secondary N) is 3. The average Bonchev–Trinajstić information content (AvgIpc) is 3.26. The van der Waals surface area contributed by atoms with Crippen LogP contribution in [0.5, 0.6) is 5.75 Å². The van der Waals surface area contributed by atoms with Gasteiger partial charge in [-0.25, -0.2) is 4.79 Å². The molecular weight excluding hydrogens is 462 g/mol. The lowest BCUT2D eigenvalue weighted by atomic mass is 9.98. The van der Waals surface area contributed by atoms with Crippen molar-refractivity contribution < 1.29 is 23.9 Å². The summed E-state index contributed by atoms with van der Waals surface area (Å²) in [4.78, 5) is 14.6. The highest BCUT2D eigenvalue weighted by Gasteiger charge is 2.31. The number of piperazine rings is 1. The standard InChI is InChI=1S/C23H33N5O5.ClH/c1-31-18-4-2-3-16(11-18)26-23(30)25-14-22-21(29)6-5-19(32-22)12-17-13-20(33-27-17)15-28-9-7-24-8-10-28;/h2-4,11,13,19,21-22,24,29H,5-10,12,14-15H2,1H3,(H2,25,26,30);1H/t19-,21-,22+;/m0./s1. The molecule has 0 radical (unpaired) electrons. The van der Waals surface area contributed by atoms with Gasteiger partial charge in [0.05, 0.1) is 31.6 Å². The Balaban J connectivity index is 0.00000324. The van der Waals surface area contributed by atoms with E-state index >= 15 is 0 Å². The molecule has 3 atom stereocenters. The number of urea groups is 1. The predicted octanol–water partition coefficient (Wildman–Crippen LogP) is 1.78. The van der Waals surface area contributed by atoms with Crippen molar-refractivity contribution >= 4 is 24.1 Å². The molecule has 2 aliphatic heterocycles. The molecule has 2 fully saturated rings. The summed E-state index contributed by atoms with van der Waals surface area (Å²) < 4.78 is 16.8. The molecule has 0 spiro atoms. The Kier molecular flexibility index (Phi) is 9.97. The number of hydrogen-bond acceptors (Lipinski definition) is 8. The Morgan fingerprint density at radius 2 is 2.12 bits per heavy atom. The van der Waals surface area contributed by atoms with Gasteiger partial charge in [0, 0.05) is 57.0 Å². The van der Waals surface area contributed by atoms with E-state index in [0.29, 0.717) is 24.3 Å². The molecule has 0 saturated carbocycles. The highest BCUT2D eigenvalue weighted by molar-refractivity contribution is 5.89. The maximum atomic E-state index is 12.3. The first-order valence-corrected chi connectivity index (χ1v) is 11.5. The van der Waals surface area contributed by atoms with Crippen LogP contribution < -0.4 is 20.7 Å². The molecule has 0 bridgehead atoms. The first-order chi connectivity index (χ1) is 16.1. The molecule has 4 rings (SSSR count). The number of rotatable bonds is 8. The molecule has 0 unspecified atom stereocenters. The number of aliphatic hydroxyl groups excluding tert-OH is 1. The fourth-order valence-electron chi connectivity index (χ4n) is 4.20. The Labute approximate surface area is 205 Å². The van der Waals surface area contributed by atoms with Gasteiger partial charge in [-0.15, -0.1) is 12.4 Å². The third kappa shape index (κ3) is 7.57. The zero-order chi connectivity index (χ0) is 23.0. The van der Waals surface area contributed by atoms with Gasteiger partial charge in [0.1, 0.15) is 11.9 Å². The number of carbonyl (C=O) groups excluding carboxylic acids is 1. The molecule has 2 amide bonds. The second kappa shape index (κ2) is 12.9. The van der Waals surface area contributed by atoms with Crippen molar-refractivity contribution in [2.24, 2.45) is 0 Å². The van der Waals surface area contributed by atoms with Crippen molar-refractivity contribution in [3.8, 4) is 5.75 Å². The number of nitrogens with zero attached hydrogens (tertiary/aromatic N) is 2. The summed E-state index contributed by atoms with van der Waals surface area (Å²) in [6.45, 7) is 4.95. The maximum Gasteiger partial charge on any atom is 0.319 e. The number of hydrogen-bond donors (Lipinski definition) is 4. The van der Waals surface area contributed by atoms with Crippen LogP contribution in [0.15, 0.2) is 34.9 Å². The van der Waals surface area contributed by atoms with Crippen LogP contribution in [0.3, 0.4) is 0 Å². The summed E-state index contributed by atoms with van der Waals surface area (Å²) in [5.41, 5.74) is 1.47. The van der Waals surface area contributed by atoms with E-state index in [2.05, 4.69) is 26.0 Å². The Morgan fingerprint density at radius 1 is 1.29 bits per heavy atom. The summed E-state index contributed by atoms with van der Waals surface area (Å²) in [5.74, 6) is 1.51. The summed E-state index contributed by atoms with van der Waals surface area (Å²) in [5, 5.41) is 23.4. The predicted molar refractivity (Wildman–Crippen MR) is 130 cm³/mol. The van der Waals surface area contributed by atoms with Gasteiger partial charge in [0.25, 0.3) is 0 Å². The van der Waals surface area contributed by atoms with Crippen LogP contribution in [0.25, 0.3) is 0 Å². The number of aromatic nitrogens is 1. The SMILES string of the molecule is COc1cccc(NC(=O)NC[C@H]2O[C@H](Cc3cc(CN4CCNCC4)on3)CC[C@@H]2O)c1.Cl. The van der Waals surface area contributed by atoms with Crippen molar-refractivity contribution in [3.63, 3.8) is 0 Å². The molecule has 3 heterocycles. The Morgan fingerprint density at radius 3 is 2.91 bits per heavy atom. The average molecular weight is 496 g/mol. The number of aliphatic hydroxyl groups is 1. The summed E-state index contributed by atoms with van der Waals surface area (Å²) in [6, 6.07) is 8.74. The maximum absolute atomic E-state index is 12.3. The number of methoxy groups -OCH3 is 1. The van der Waals surface area contributed by atoms with Crippen molar-refractivity contribution in [2.75, 3.05) is 45.2 Å². The zero-order valence-electron chi connectivity index (χ0n) is 19.4. The fourth-order valence-corrected chi connectivity index (χ4v) is 4.20. The minimum Gasteiger partial charge on any atom is -0.497 e. The van der Waals surface area contributed by atoms with Gasteiger partial charge < -0.3 is 35.1 Å². The second-order valence-electron chi connectivity index (χ2n) is 8.52. The topological polar surface area (TPSA) is 121 Å². The van der Waals surface area contributed by atoms with Crippen LogP contribution in [0.2, 0.25) is 0 Å². The summed E-state index contributed by atoms with van der Waals surface area (Å²) in [6.07, 6.45) is 0.766. The van der Waals surface area contributed by atoms with E-state index in [9.17, 15) is 9.90 Å². The van der Waals surface area contributed by atoms with Crippen LogP contribution in [-0.2, 0) is 17.7 Å². The number of amides is 2. The van der Waals surface area contributed by atoms with Gasteiger partial charge in [-0.3, -0.25) is 4.90 Å². The molecule has 2 aliphatic rings. The number of carbonyl (C=O) groups is 1. The van der Waals surface area contributed by atoms with Gasteiger partial charge in [0.15, 0.2) is 5.76 Å².